The summed E-state index contributed by atoms with van der Waals surface area (Å²) in [4.78, 5) is 51.4. The van der Waals surface area contributed by atoms with Gasteiger partial charge < -0.3 is 39.0 Å². The van der Waals surface area contributed by atoms with E-state index >= 15 is 0 Å². The van der Waals surface area contributed by atoms with E-state index in [4.69, 9.17) is 23.7 Å². The van der Waals surface area contributed by atoms with E-state index in [9.17, 15) is 34.5 Å². The quantitative estimate of drug-likeness (QED) is 0.0228. The first kappa shape index (κ1) is 76.7. The second-order valence-electron chi connectivity index (χ2n) is 22.3. The molecule has 0 aromatic heterocycles. The number of carbonyl (C=O) groups excluding carboxylic acids is 3. The number of allylic oxidation sites excluding steroid dienone is 16. The maximum absolute atomic E-state index is 13.2. The van der Waals surface area contributed by atoms with Crippen molar-refractivity contribution in [3.8, 4) is 0 Å². The van der Waals surface area contributed by atoms with Gasteiger partial charge in [0.15, 0.2) is 24.6 Å². The van der Waals surface area contributed by atoms with E-state index in [2.05, 4.69) is 118 Å². The van der Waals surface area contributed by atoms with Gasteiger partial charge in [-0.25, -0.2) is 4.79 Å². The maximum Gasteiger partial charge on any atom is 0.335 e. The fourth-order valence-electron chi connectivity index (χ4n) is 9.65. The number of carboxylic acids is 1. The number of aliphatic carboxylic acids is 1. The minimum absolute atomic E-state index is 0.0360. The van der Waals surface area contributed by atoms with E-state index in [0.717, 1.165) is 122 Å². The van der Waals surface area contributed by atoms with Crippen LogP contribution in [0.1, 0.15) is 278 Å². The van der Waals surface area contributed by atoms with Crippen LogP contribution in [0.2, 0.25) is 0 Å². The highest BCUT2D eigenvalue weighted by atomic mass is 16.7. The Morgan fingerprint density at radius 1 is 0.410 bits per heavy atom. The minimum atomic E-state index is -1.92. The van der Waals surface area contributed by atoms with E-state index in [0.29, 0.717) is 19.3 Å². The van der Waals surface area contributed by atoms with Gasteiger partial charge in [-0.3, -0.25) is 14.4 Å². The monoisotopic (exact) mass is 1160 g/mol. The zero-order valence-corrected chi connectivity index (χ0v) is 52.4. The molecule has 6 unspecified atom stereocenters. The van der Waals surface area contributed by atoms with Crippen molar-refractivity contribution in [2.75, 3.05) is 13.2 Å². The van der Waals surface area contributed by atoms with Gasteiger partial charge in [0.1, 0.15) is 18.8 Å². The molecular weight excluding hydrogens is 1040 g/mol. The Morgan fingerprint density at radius 2 is 0.759 bits per heavy atom. The highest BCUT2D eigenvalue weighted by Crippen LogP contribution is 2.27. The highest BCUT2D eigenvalue weighted by molar-refractivity contribution is 5.74. The summed E-state index contributed by atoms with van der Waals surface area (Å²) in [5.41, 5.74) is 0. The molecule has 0 saturated carbocycles. The van der Waals surface area contributed by atoms with Crippen LogP contribution in [0.5, 0.6) is 0 Å². The van der Waals surface area contributed by atoms with Crippen LogP contribution < -0.4 is 0 Å². The molecule has 0 spiro atoms. The summed E-state index contributed by atoms with van der Waals surface area (Å²) in [5.74, 6) is -3.19. The van der Waals surface area contributed by atoms with Gasteiger partial charge in [-0.1, -0.05) is 259 Å². The number of rotatable bonds is 56. The molecule has 1 aliphatic rings. The summed E-state index contributed by atoms with van der Waals surface area (Å²) in [6.45, 7) is 5.76. The summed E-state index contributed by atoms with van der Waals surface area (Å²) in [7, 11) is 0. The number of carbonyl (C=O) groups is 4. The first-order valence-electron chi connectivity index (χ1n) is 33.2. The Hall–Kier alpha value is -4.36. The number of hydrogen-bond acceptors (Lipinski definition) is 11. The third kappa shape index (κ3) is 47.6. The largest absolute Gasteiger partial charge is 0.479 e. The van der Waals surface area contributed by atoms with Crippen LogP contribution in [0, 0.1) is 0 Å². The normalized spacial score (nSPS) is 18.2. The van der Waals surface area contributed by atoms with Gasteiger partial charge in [0.2, 0.25) is 0 Å². The van der Waals surface area contributed by atoms with E-state index < -0.39 is 67.3 Å². The molecule has 12 heteroatoms. The average Bonchev–Trinajstić information content (AvgIpc) is 3.60. The summed E-state index contributed by atoms with van der Waals surface area (Å²) >= 11 is 0. The predicted octanol–water partition coefficient (Wildman–Crippen LogP) is 18.0. The van der Waals surface area contributed by atoms with Crippen molar-refractivity contribution in [3.05, 3.63) is 97.2 Å². The summed E-state index contributed by atoms with van der Waals surface area (Å²) in [6, 6.07) is 0. The summed E-state index contributed by atoms with van der Waals surface area (Å²) in [6.07, 6.45) is 65.1. The second-order valence-corrected chi connectivity index (χ2v) is 22.3. The van der Waals surface area contributed by atoms with Crippen molar-refractivity contribution in [1.29, 1.82) is 0 Å². The minimum Gasteiger partial charge on any atom is -0.479 e. The van der Waals surface area contributed by atoms with Crippen molar-refractivity contribution in [2.24, 2.45) is 0 Å². The SMILES string of the molecule is CC/C=C\C/C=C\C/C=C\C/C=C\CCCCCCCCC(=O)OC1C(OCC(COC(=O)CCCCCCCCCCCCCCCCCCCCC)OC(=O)CCCC/C=C\C/C=C\C/C=C\C/C=C\CC)OC(C(=O)O)C(O)C1O. The van der Waals surface area contributed by atoms with Crippen molar-refractivity contribution >= 4 is 23.9 Å². The Morgan fingerprint density at radius 3 is 1.18 bits per heavy atom. The van der Waals surface area contributed by atoms with Crippen LogP contribution in [-0.2, 0) is 42.9 Å². The zero-order chi connectivity index (χ0) is 60.3. The molecule has 83 heavy (non-hydrogen) atoms. The lowest BCUT2D eigenvalue weighted by atomic mass is 9.98. The first-order valence-corrected chi connectivity index (χ1v) is 33.2. The molecule has 3 N–H and O–H groups in total. The van der Waals surface area contributed by atoms with Gasteiger partial charge >= 0.3 is 23.9 Å². The molecule has 0 aromatic rings. The highest BCUT2D eigenvalue weighted by Gasteiger charge is 2.50. The Bertz CT molecular complexity index is 1810. The van der Waals surface area contributed by atoms with Gasteiger partial charge in [-0.15, -0.1) is 0 Å². The molecule has 0 amide bonds. The average molecular weight is 1160 g/mol. The van der Waals surface area contributed by atoms with E-state index in [1.54, 1.807) is 0 Å². The summed E-state index contributed by atoms with van der Waals surface area (Å²) < 4.78 is 28.5. The van der Waals surface area contributed by atoms with Crippen LogP contribution in [0.4, 0.5) is 0 Å². The molecule has 1 fully saturated rings. The van der Waals surface area contributed by atoms with Crippen molar-refractivity contribution in [1.82, 2.24) is 0 Å². The topological polar surface area (TPSA) is 175 Å². The van der Waals surface area contributed by atoms with Crippen molar-refractivity contribution in [3.63, 3.8) is 0 Å². The number of ether oxygens (including phenoxy) is 5. The fourth-order valence-corrected chi connectivity index (χ4v) is 9.65. The second kappa shape index (κ2) is 58.0. The van der Waals surface area contributed by atoms with Crippen molar-refractivity contribution in [2.45, 2.75) is 314 Å². The predicted molar refractivity (Wildman–Crippen MR) is 340 cm³/mol. The fraction of sp³-hybridized carbons (Fsp3) is 0.718. The van der Waals surface area contributed by atoms with Crippen LogP contribution in [-0.4, -0.2) is 89.2 Å². The van der Waals surface area contributed by atoms with Gasteiger partial charge in [-0.2, -0.15) is 0 Å². The third-order valence-corrected chi connectivity index (χ3v) is 14.7. The van der Waals surface area contributed by atoms with Gasteiger partial charge in [0.25, 0.3) is 0 Å². The molecule has 474 valence electrons. The molecule has 0 aliphatic carbocycles. The van der Waals surface area contributed by atoms with Crippen LogP contribution in [0.3, 0.4) is 0 Å². The Kier molecular flexibility index (Phi) is 53.6. The third-order valence-electron chi connectivity index (χ3n) is 14.7. The van der Waals surface area contributed by atoms with Crippen molar-refractivity contribution < 1.29 is 58.2 Å². The summed E-state index contributed by atoms with van der Waals surface area (Å²) in [5, 5.41) is 31.6. The van der Waals surface area contributed by atoms with Crippen LogP contribution in [0.25, 0.3) is 0 Å². The molecule has 1 rings (SSSR count). The lowest BCUT2D eigenvalue weighted by Gasteiger charge is -2.40. The van der Waals surface area contributed by atoms with Gasteiger partial charge in [0.05, 0.1) is 6.61 Å². The number of aliphatic hydroxyl groups is 2. The van der Waals surface area contributed by atoms with E-state index in [-0.39, 0.29) is 25.9 Å². The molecule has 1 aliphatic heterocycles. The molecule has 6 atom stereocenters. The van der Waals surface area contributed by atoms with E-state index in [1.165, 1.54) is 96.3 Å². The molecule has 0 bridgehead atoms. The number of carboxylic acid groups (broad SMARTS) is 1. The molecule has 1 heterocycles. The molecule has 12 nitrogen and oxygen atoms in total. The smallest absolute Gasteiger partial charge is 0.335 e. The Balaban J connectivity index is 2.67. The first-order chi connectivity index (χ1) is 40.6. The van der Waals surface area contributed by atoms with E-state index in [1.807, 2.05) is 0 Å². The van der Waals surface area contributed by atoms with Gasteiger partial charge in [-0.05, 0) is 96.3 Å². The maximum atomic E-state index is 13.2. The van der Waals surface area contributed by atoms with Gasteiger partial charge in [0, 0.05) is 19.3 Å². The number of unbranched alkanes of at least 4 members (excludes halogenated alkanes) is 26. The number of aliphatic hydroxyl groups excluding tert-OH is 2. The lowest BCUT2D eigenvalue weighted by Crippen LogP contribution is -2.61. The number of esters is 3. The number of hydrogen-bond donors (Lipinski definition) is 3. The zero-order valence-electron chi connectivity index (χ0n) is 52.4. The van der Waals surface area contributed by atoms with Crippen LogP contribution >= 0.6 is 0 Å². The molecule has 0 radical (unpaired) electrons. The lowest BCUT2D eigenvalue weighted by molar-refractivity contribution is -0.301. The molecule has 0 aromatic carbocycles. The Labute approximate surface area is 504 Å². The molecular formula is C71H118O12. The standard InChI is InChI=1S/C71H118O12/c1-4-7-10-13-16-19-22-25-28-30-32-34-37-39-42-45-48-51-54-57-63(72)79-60-62(81-64(73)58-55-52-49-46-43-40-36-27-24-21-18-15-12-9-6-3)61-80-71-69(67(76)66(75)68(83-71)70(77)78)82-65(74)59-56-53-50-47-44-41-38-35-33-31-29-26-23-20-17-14-11-8-5-2/h8-9,11-12,17-18,20-21,26-27,29,33,35-36,43,46,62,66-69,71,75-76H,4-7,10,13-16,19,22-25,28,30-32,34,37-42,44-45,47-61H2,1-3H3,(H,77,78)/b11-8-,12-9-,20-17-,21-18-,29-26-,35-33-,36-27-,46-43-. The van der Waals surface area contributed by atoms with Crippen LogP contribution in [0.15, 0.2) is 97.2 Å². The molecule has 1 saturated heterocycles.